The first-order valence-electron chi connectivity index (χ1n) is 6.51. The van der Waals surface area contributed by atoms with Crippen LogP contribution in [0.25, 0.3) is 0 Å². The number of sulfone groups is 1. The lowest BCUT2D eigenvalue weighted by atomic mass is 10.1. The van der Waals surface area contributed by atoms with Gasteiger partial charge in [-0.15, -0.1) is 0 Å². The van der Waals surface area contributed by atoms with Crippen molar-refractivity contribution in [2.75, 3.05) is 19.4 Å². The minimum absolute atomic E-state index is 0.0406. The van der Waals surface area contributed by atoms with E-state index < -0.39 is 9.84 Å². The molecule has 0 radical (unpaired) electrons. The van der Waals surface area contributed by atoms with E-state index in [1.54, 1.807) is 24.3 Å². The predicted molar refractivity (Wildman–Crippen MR) is 77.3 cm³/mol. The summed E-state index contributed by atoms with van der Waals surface area (Å²) in [6, 6.07) is 6.58. The molecule has 1 aromatic carbocycles. The fourth-order valence-electron chi connectivity index (χ4n) is 1.88. The SMILES string of the molecule is CCNC(CS(=O)(=O)c1cccc(OC)c1)C(C)C. The van der Waals surface area contributed by atoms with Gasteiger partial charge in [0.15, 0.2) is 9.84 Å². The van der Waals surface area contributed by atoms with E-state index in [2.05, 4.69) is 5.32 Å². The molecule has 0 amide bonds. The normalized spacial score (nSPS) is 13.5. The fraction of sp³-hybridized carbons (Fsp3) is 0.571. The summed E-state index contributed by atoms with van der Waals surface area (Å²) in [4.78, 5) is 0.315. The molecule has 0 aliphatic heterocycles. The van der Waals surface area contributed by atoms with Crippen LogP contribution in [0.15, 0.2) is 29.2 Å². The molecule has 0 aliphatic rings. The molecule has 0 heterocycles. The number of methoxy groups -OCH3 is 1. The molecule has 1 atom stereocenters. The zero-order chi connectivity index (χ0) is 14.5. The van der Waals surface area contributed by atoms with Crippen LogP contribution in [0.4, 0.5) is 0 Å². The smallest absolute Gasteiger partial charge is 0.180 e. The summed E-state index contributed by atoms with van der Waals surface area (Å²) in [6.45, 7) is 6.78. The lowest BCUT2D eigenvalue weighted by Gasteiger charge is -2.21. The highest BCUT2D eigenvalue weighted by molar-refractivity contribution is 7.91. The largest absolute Gasteiger partial charge is 0.497 e. The monoisotopic (exact) mass is 285 g/mol. The number of benzene rings is 1. The predicted octanol–water partition coefficient (Wildman–Crippen LogP) is 2.10. The molecule has 19 heavy (non-hydrogen) atoms. The Kier molecular flexibility index (Phi) is 5.82. The van der Waals surface area contributed by atoms with Crippen LogP contribution >= 0.6 is 0 Å². The average Bonchev–Trinajstić information content (AvgIpc) is 2.38. The van der Waals surface area contributed by atoms with Gasteiger partial charge in [0, 0.05) is 6.04 Å². The van der Waals surface area contributed by atoms with Crippen molar-refractivity contribution in [1.29, 1.82) is 0 Å². The Morgan fingerprint density at radius 3 is 2.53 bits per heavy atom. The molecule has 0 spiro atoms. The summed E-state index contributed by atoms with van der Waals surface area (Å²) in [5, 5.41) is 3.23. The first kappa shape index (κ1) is 16.0. The molecule has 0 saturated carbocycles. The van der Waals surface area contributed by atoms with Gasteiger partial charge >= 0.3 is 0 Å². The third-order valence-electron chi connectivity index (χ3n) is 3.07. The summed E-state index contributed by atoms with van der Waals surface area (Å²) in [7, 11) is -1.77. The number of hydrogen-bond acceptors (Lipinski definition) is 4. The molecule has 1 aromatic rings. The minimum atomic E-state index is -3.30. The Hall–Kier alpha value is -1.07. The zero-order valence-electron chi connectivity index (χ0n) is 12.0. The quantitative estimate of drug-likeness (QED) is 0.833. The van der Waals surface area contributed by atoms with E-state index in [1.165, 1.54) is 7.11 Å². The van der Waals surface area contributed by atoms with Gasteiger partial charge in [0.1, 0.15) is 5.75 Å². The van der Waals surface area contributed by atoms with Crippen molar-refractivity contribution in [2.24, 2.45) is 5.92 Å². The maximum Gasteiger partial charge on any atom is 0.180 e. The van der Waals surface area contributed by atoms with Gasteiger partial charge in [-0.3, -0.25) is 0 Å². The highest BCUT2D eigenvalue weighted by Crippen LogP contribution is 2.20. The molecule has 0 bridgehead atoms. The van der Waals surface area contributed by atoms with Gasteiger partial charge < -0.3 is 10.1 Å². The summed E-state index contributed by atoms with van der Waals surface area (Å²) in [5.74, 6) is 0.928. The van der Waals surface area contributed by atoms with E-state index in [9.17, 15) is 8.42 Å². The molecule has 5 heteroatoms. The summed E-state index contributed by atoms with van der Waals surface area (Å²) in [6.07, 6.45) is 0. The average molecular weight is 285 g/mol. The van der Waals surface area contributed by atoms with Gasteiger partial charge in [0.2, 0.25) is 0 Å². The van der Waals surface area contributed by atoms with Crippen molar-refractivity contribution in [3.63, 3.8) is 0 Å². The van der Waals surface area contributed by atoms with Crippen LogP contribution in [0, 0.1) is 5.92 Å². The van der Waals surface area contributed by atoms with E-state index >= 15 is 0 Å². The van der Waals surface area contributed by atoms with Crippen molar-refractivity contribution >= 4 is 9.84 Å². The number of ether oxygens (including phenoxy) is 1. The Bertz CT molecular complexity index is 497. The molecule has 1 rings (SSSR count). The lowest BCUT2D eigenvalue weighted by molar-refractivity contribution is 0.413. The Morgan fingerprint density at radius 2 is 2.00 bits per heavy atom. The topological polar surface area (TPSA) is 55.4 Å². The van der Waals surface area contributed by atoms with Crippen molar-refractivity contribution in [3.8, 4) is 5.75 Å². The van der Waals surface area contributed by atoms with Gasteiger partial charge in [-0.05, 0) is 30.7 Å². The first-order chi connectivity index (χ1) is 8.90. The van der Waals surface area contributed by atoms with E-state index in [1.807, 2.05) is 20.8 Å². The number of hydrogen-bond donors (Lipinski definition) is 1. The second kappa shape index (κ2) is 6.91. The van der Waals surface area contributed by atoms with E-state index in [-0.39, 0.29) is 17.7 Å². The van der Waals surface area contributed by atoms with E-state index in [0.29, 0.717) is 10.6 Å². The maximum atomic E-state index is 12.4. The highest BCUT2D eigenvalue weighted by atomic mass is 32.2. The van der Waals surface area contributed by atoms with E-state index in [0.717, 1.165) is 6.54 Å². The third kappa shape index (κ3) is 4.51. The van der Waals surface area contributed by atoms with Gasteiger partial charge in [-0.1, -0.05) is 26.8 Å². The highest BCUT2D eigenvalue weighted by Gasteiger charge is 2.23. The van der Waals surface area contributed by atoms with Gasteiger partial charge in [-0.2, -0.15) is 0 Å². The second-order valence-corrected chi connectivity index (χ2v) is 6.90. The van der Waals surface area contributed by atoms with Crippen LogP contribution in [0.3, 0.4) is 0 Å². The van der Waals surface area contributed by atoms with Crippen molar-refractivity contribution in [2.45, 2.75) is 31.7 Å². The molecular weight excluding hydrogens is 262 g/mol. The molecule has 0 aromatic heterocycles. The third-order valence-corrected chi connectivity index (χ3v) is 4.84. The fourth-order valence-corrected chi connectivity index (χ4v) is 3.63. The minimum Gasteiger partial charge on any atom is -0.497 e. The van der Waals surface area contributed by atoms with Gasteiger partial charge in [0.05, 0.1) is 17.8 Å². The lowest BCUT2D eigenvalue weighted by Crippen LogP contribution is -2.39. The van der Waals surface area contributed by atoms with Crippen molar-refractivity contribution < 1.29 is 13.2 Å². The van der Waals surface area contributed by atoms with Crippen LogP contribution in [0.2, 0.25) is 0 Å². The molecule has 0 fully saturated rings. The molecule has 1 unspecified atom stereocenters. The molecule has 108 valence electrons. The molecule has 0 saturated heterocycles. The van der Waals surface area contributed by atoms with Crippen LogP contribution in [0.1, 0.15) is 20.8 Å². The van der Waals surface area contributed by atoms with Crippen molar-refractivity contribution in [3.05, 3.63) is 24.3 Å². The summed E-state index contributed by atoms with van der Waals surface area (Å²) in [5.41, 5.74) is 0. The van der Waals surface area contributed by atoms with Crippen LogP contribution in [-0.2, 0) is 9.84 Å². The Labute approximate surface area is 116 Å². The van der Waals surface area contributed by atoms with E-state index in [4.69, 9.17) is 4.74 Å². The molecule has 4 nitrogen and oxygen atoms in total. The zero-order valence-corrected chi connectivity index (χ0v) is 12.8. The van der Waals surface area contributed by atoms with Crippen LogP contribution < -0.4 is 10.1 Å². The van der Waals surface area contributed by atoms with Gasteiger partial charge in [0.25, 0.3) is 0 Å². The summed E-state index contributed by atoms with van der Waals surface area (Å²) >= 11 is 0. The van der Waals surface area contributed by atoms with Crippen molar-refractivity contribution in [1.82, 2.24) is 5.32 Å². The second-order valence-electron chi connectivity index (χ2n) is 4.87. The molecule has 1 N–H and O–H groups in total. The first-order valence-corrected chi connectivity index (χ1v) is 8.16. The number of nitrogens with one attached hydrogen (secondary N) is 1. The van der Waals surface area contributed by atoms with Gasteiger partial charge in [-0.25, -0.2) is 8.42 Å². The van der Waals surface area contributed by atoms with Crippen LogP contribution in [-0.4, -0.2) is 33.9 Å². The molecule has 0 aliphatic carbocycles. The summed E-state index contributed by atoms with van der Waals surface area (Å²) < 4.78 is 29.9. The maximum absolute atomic E-state index is 12.4. The number of rotatable bonds is 7. The Balaban J connectivity index is 2.96. The molecular formula is C14H23NO3S. The standard InChI is InChI=1S/C14H23NO3S/c1-5-15-14(11(2)3)10-19(16,17)13-8-6-7-12(9-13)18-4/h6-9,11,14-15H,5,10H2,1-4H3. The Morgan fingerprint density at radius 1 is 1.32 bits per heavy atom. The van der Waals surface area contributed by atoms with Crippen LogP contribution in [0.5, 0.6) is 5.75 Å².